The van der Waals surface area contributed by atoms with E-state index in [4.69, 9.17) is 14.7 Å². The van der Waals surface area contributed by atoms with Crippen molar-refractivity contribution in [1.29, 1.82) is 0 Å². The number of hydroxylamine groups is 1. The van der Waals surface area contributed by atoms with Crippen LogP contribution in [0.2, 0.25) is 0 Å². The van der Waals surface area contributed by atoms with Crippen LogP contribution in [0.4, 0.5) is 23.7 Å². The minimum atomic E-state index is -4.48. The van der Waals surface area contributed by atoms with Gasteiger partial charge in [-0.05, 0) is 29.8 Å². The molecule has 3 aromatic rings. The lowest BCUT2D eigenvalue weighted by molar-refractivity contribution is -0.122. The molecule has 0 aliphatic heterocycles. The summed E-state index contributed by atoms with van der Waals surface area (Å²) in [5.74, 6) is 0. The number of alkyl halides is 3. The van der Waals surface area contributed by atoms with Gasteiger partial charge in [0.05, 0.1) is 38.3 Å². The number of nitrogens with zero attached hydrogens (tertiary/aromatic N) is 2. The first-order valence-corrected chi connectivity index (χ1v) is 10.1. The van der Waals surface area contributed by atoms with E-state index in [-0.39, 0.29) is 13.2 Å². The number of nitrogens with one attached hydrogen (secondary N) is 3. The van der Waals surface area contributed by atoms with Gasteiger partial charge in [0.1, 0.15) is 12.2 Å². The van der Waals surface area contributed by atoms with Crippen molar-refractivity contribution < 1.29 is 32.6 Å². The van der Waals surface area contributed by atoms with Crippen molar-refractivity contribution in [2.75, 3.05) is 38.3 Å². The monoisotopic (exact) mass is 467 g/mol. The van der Waals surface area contributed by atoms with E-state index in [0.717, 1.165) is 16.8 Å². The zero-order valence-electron chi connectivity index (χ0n) is 17.6. The number of urea groups is 1. The number of pyridine rings is 1. The largest absolute Gasteiger partial charge is 0.405 e. The molecule has 0 radical (unpaired) electrons. The summed E-state index contributed by atoms with van der Waals surface area (Å²) in [4.78, 5) is 21.4. The number of aromatic nitrogens is 2. The molecule has 0 fully saturated rings. The average Bonchev–Trinajstić information content (AvgIpc) is 3.20. The summed E-state index contributed by atoms with van der Waals surface area (Å²) in [6, 6.07) is 9.57. The first kappa shape index (κ1) is 24.5. The number of ether oxygens (including phenoxy) is 1. The van der Waals surface area contributed by atoms with Crippen LogP contribution in [0.5, 0.6) is 0 Å². The Bertz CT molecular complexity index is 1060. The van der Waals surface area contributed by atoms with Crippen molar-refractivity contribution in [2.45, 2.75) is 12.7 Å². The maximum atomic E-state index is 12.2. The minimum Gasteiger partial charge on any atom is -0.394 e. The molecule has 0 aliphatic carbocycles. The van der Waals surface area contributed by atoms with Gasteiger partial charge in [0.15, 0.2) is 0 Å². The predicted molar refractivity (Wildman–Crippen MR) is 114 cm³/mol. The molecule has 3 rings (SSSR count). The number of imidazole rings is 1. The number of hydrogen-bond acceptors (Lipinski definition) is 6. The van der Waals surface area contributed by atoms with Gasteiger partial charge in [0.25, 0.3) is 0 Å². The number of benzene rings is 1. The molecule has 0 saturated carbocycles. The molecular weight excluding hydrogens is 443 g/mol. The highest BCUT2D eigenvalue weighted by Gasteiger charge is 2.27. The van der Waals surface area contributed by atoms with Crippen molar-refractivity contribution in [1.82, 2.24) is 20.2 Å². The normalized spacial score (nSPS) is 11.6. The maximum absolute atomic E-state index is 12.2. The van der Waals surface area contributed by atoms with Gasteiger partial charge in [-0.25, -0.2) is 9.78 Å². The number of carbonyl (C=O) groups excluding carboxylic acids is 1. The van der Waals surface area contributed by atoms with E-state index in [1.54, 1.807) is 29.7 Å². The SMILES string of the molecule is O=C(NCC(F)(F)F)Nc1cccc(-c2cnc3cc(CNOCCOCCO)ccn23)c1. The number of carbonyl (C=O) groups is 1. The zero-order valence-corrected chi connectivity index (χ0v) is 17.6. The van der Waals surface area contributed by atoms with E-state index in [1.165, 1.54) is 0 Å². The zero-order chi connectivity index (χ0) is 23.7. The maximum Gasteiger partial charge on any atom is 0.405 e. The molecule has 0 atom stereocenters. The van der Waals surface area contributed by atoms with Crippen molar-refractivity contribution >= 4 is 17.4 Å². The second kappa shape index (κ2) is 11.6. The fourth-order valence-electron chi connectivity index (χ4n) is 2.93. The number of hydrogen-bond donors (Lipinski definition) is 4. The Morgan fingerprint density at radius 2 is 2.00 bits per heavy atom. The molecule has 2 amide bonds. The standard InChI is InChI=1S/C21H24F3N5O4/c22-21(23,24)14-26-20(31)28-17-3-1-2-16(11-17)18-13-25-19-10-15(4-5-29(18)19)12-27-33-9-8-32-7-6-30/h1-5,10-11,13,27,30H,6-9,12,14H2,(H2,26,28,31). The Morgan fingerprint density at radius 3 is 2.79 bits per heavy atom. The summed E-state index contributed by atoms with van der Waals surface area (Å²) in [6.45, 7) is -0.0105. The van der Waals surface area contributed by atoms with Gasteiger partial charge >= 0.3 is 12.2 Å². The summed E-state index contributed by atoms with van der Waals surface area (Å²) in [7, 11) is 0. The molecule has 2 aromatic heterocycles. The molecule has 0 unspecified atom stereocenters. The highest BCUT2D eigenvalue weighted by Crippen LogP contribution is 2.24. The van der Waals surface area contributed by atoms with Crippen LogP contribution in [0.15, 0.2) is 48.8 Å². The predicted octanol–water partition coefficient (Wildman–Crippen LogP) is 2.72. The molecule has 4 N–H and O–H groups in total. The van der Waals surface area contributed by atoms with Gasteiger partial charge in [0, 0.05) is 24.0 Å². The third-order valence-electron chi connectivity index (χ3n) is 4.39. The van der Waals surface area contributed by atoms with Crippen LogP contribution in [0, 0.1) is 0 Å². The lowest BCUT2D eigenvalue weighted by Gasteiger charge is -2.11. The Morgan fingerprint density at radius 1 is 1.15 bits per heavy atom. The Hall–Kier alpha value is -3.19. The van der Waals surface area contributed by atoms with Crippen molar-refractivity contribution in [2.24, 2.45) is 0 Å². The molecule has 33 heavy (non-hydrogen) atoms. The molecule has 1 aromatic carbocycles. The number of halogens is 3. The van der Waals surface area contributed by atoms with Crippen molar-refractivity contribution in [3.05, 3.63) is 54.4 Å². The summed E-state index contributed by atoms with van der Waals surface area (Å²) >= 11 is 0. The van der Waals surface area contributed by atoms with Crippen LogP contribution in [-0.4, -0.2) is 59.7 Å². The molecular formula is C21H24F3N5O4. The number of aliphatic hydroxyl groups excluding tert-OH is 1. The molecule has 0 bridgehead atoms. The van der Waals surface area contributed by atoms with Crippen LogP contribution in [0.3, 0.4) is 0 Å². The second-order valence-electron chi connectivity index (χ2n) is 6.92. The lowest BCUT2D eigenvalue weighted by Crippen LogP contribution is -2.36. The third kappa shape index (κ3) is 7.71. The van der Waals surface area contributed by atoms with Crippen LogP contribution in [0.25, 0.3) is 16.9 Å². The highest BCUT2D eigenvalue weighted by molar-refractivity contribution is 5.90. The summed E-state index contributed by atoms with van der Waals surface area (Å²) in [5, 5.41) is 12.8. The molecule has 0 saturated heterocycles. The molecule has 0 aliphatic rings. The van der Waals surface area contributed by atoms with Gasteiger partial charge in [-0.1, -0.05) is 12.1 Å². The Balaban J connectivity index is 1.60. The van der Waals surface area contributed by atoms with E-state index in [1.807, 2.05) is 28.8 Å². The van der Waals surface area contributed by atoms with E-state index in [9.17, 15) is 18.0 Å². The molecule has 2 heterocycles. The van der Waals surface area contributed by atoms with Gasteiger partial charge < -0.3 is 20.5 Å². The van der Waals surface area contributed by atoms with Gasteiger partial charge in [0.2, 0.25) is 0 Å². The Labute approximate surface area is 187 Å². The van der Waals surface area contributed by atoms with E-state index < -0.39 is 18.8 Å². The van der Waals surface area contributed by atoms with E-state index in [2.05, 4.69) is 15.8 Å². The number of anilines is 1. The van der Waals surface area contributed by atoms with Crippen molar-refractivity contribution in [3.8, 4) is 11.3 Å². The molecule has 9 nitrogen and oxygen atoms in total. The topological polar surface area (TPSA) is 109 Å². The first-order chi connectivity index (χ1) is 15.9. The number of amides is 2. The highest BCUT2D eigenvalue weighted by atomic mass is 19.4. The summed E-state index contributed by atoms with van der Waals surface area (Å²) < 4.78 is 43.7. The van der Waals surface area contributed by atoms with Gasteiger partial charge in [-0.3, -0.25) is 9.24 Å². The number of aliphatic hydroxyl groups is 1. The lowest BCUT2D eigenvalue weighted by atomic mass is 10.1. The van der Waals surface area contributed by atoms with E-state index >= 15 is 0 Å². The van der Waals surface area contributed by atoms with Crippen LogP contribution >= 0.6 is 0 Å². The fourth-order valence-corrected chi connectivity index (χ4v) is 2.93. The molecule has 12 heteroatoms. The first-order valence-electron chi connectivity index (χ1n) is 10.1. The van der Waals surface area contributed by atoms with E-state index in [0.29, 0.717) is 31.1 Å². The van der Waals surface area contributed by atoms with Gasteiger partial charge in [-0.2, -0.15) is 18.7 Å². The Kier molecular flexibility index (Phi) is 8.60. The van der Waals surface area contributed by atoms with Crippen molar-refractivity contribution in [3.63, 3.8) is 0 Å². The summed E-state index contributed by atoms with van der Waals surface area (Å²) in [6.07, 6.45) is -0.968. The quantitative estimate of drug-likeness (QED) is 0.255. The van der Waals surface area contributed by atoms with Crippen LogP contribution in [-0.2, 0) is 16.1 Å². The van der Waals surface area contributed by atoms with Gasteiger partial charge in [-0.15, -0.1) is 0 Å². The second-order valence-corrected chi connectivity index (χ2v) is 6.92. The smallest absolute Gasteiger partial charge is 0.394 e. The number of fused-ring (bicyclic) bond motifs is 1. The molecule has 178 valence electrons. The molecule has 0 spiro atoms. The number of rotatable bonds is 11. The van der Waals surface area contributed by atoms with Crippen LogP contribution < -0.4 is 16.1 Å². The average molecular weight is 467 g/mol. The van der Waals surface area contributed by atoms with Crippen LogP contribution in [0.1, 0.15) is 5.56 Å². The minimum absolute atomic E-state index is 0.0299. The summed E-state index contributed by atoms with van der Waals surface area (Å²) in [5.41, 5.74) is 6.29. The third-order valence-corrected chi connectivity index (χ3v) is 4.39. The fraction of sp³-hybridized carbons (Fsp3) is 0.333.